The van der Waals surface area contributed by atoms with Gasteiger partial charge < -0.3 is 19.9 Å². The predicted molar refractivity (Wildman–Crippen MR) is 77.5 cm³/mol. The van der Waals surface area contributed by atoms with Crippen molar-refractivity contribution in [3.8, 4) is 0 Å². The molecule has 2 heterocycles. The molecule has 2 unspecified atom stereocenters. The molecule has 5 nitrogen and oxygen atoms in total. The van der Waals surface area contributed by atoms with Crippen LogP contribution in [0.15, 0.2) is 0 Å². The van der Waals surface area contributed by atoms with Crippen LogP contribution in [0, 0.1) is 0 Å². The number of fused-ring (bicyclic) bond motifs is 3. The van der Waals surface area contributed by atoms with E-state index in [0.29, 0.717) is 6.54 Å². The molecule has 0 amide bonds. The van der Waals surface area contributed by atoms with Gasteiger partial charge in [-0.15, -0.1) is 0 Å². The van der Waals surface area contributed by atoms with Crippen LogP contribution in [0.3, 0.4) is 0 Å². The number of rotatable bonds is 2. The Morgan fingerprint density at radius 3 is 2.37 bits per heavy atom. The van der Waals surface area contributed by atoms with Crippen molar-refractivity contribution in [3.05, 3.63) is 0 Å². The van der Waals surface area contributed by atoms with Crippen LogP contribution in [0.1, 0.15) is 12.8 Å². The van der Waals surface area contributed by atoms with Crippen LogP contribution in [0.4, 0.5) is 0 Å². The minimum Gasteiger partial charge on any atom is -0.315 e. The summed E-state index contributed by atoms with van der Waals surface area (Å²) >= 11 is 0. The third kappa shape index (κ3) is 5.57. The van der Waals surface area contributed by atoms with Gasteiger partial charge in [0.15, 0.2) is 0 Å². The normalized spacial score (nSPS) is 31.8. The molecular formula is C14H28N4O. The Balaban J connectivity index is 1.93. The van der Waals surface area contributed by atoms with Crippen molar-refractivity contribution in [1.82, 2.24) is 20.0 Å². The van der Waals surface area contributed by atoms with Gasteiger partial charge in [0.1, 0.15) is 6.29 Å². The van der Waals surface area contributed by atoms with Crippen molar-refractivity contribution in [2.75, 3.05) is 72.0 Å². The Labute approximate surface area is 116 Å². The molecule has 1 N–H and O–H groups in total. The molecule has 0 aliphatic carbocycles. The SMILES string of the molecule is O=CCN1CCCN2CCNCCCN(CC1)CC2. The van der Waals surface area contributed by atoms with E-state index in [0.717, 1.165) is 52.1 Å². The van der Waals surface area contributed by atoms with E-state index in [-0.39, 0.29) is 0 Å². The molecule has 2 aliphatic rings. The van der Waals surface area contributed by atoms with Crippen LogP contribution in [0.5, 0.6) is 0 Å². The highest BCUT2D eigenvalue weighted by molar-refractivity contribution is 5.51. The molecule has 0 aromatic carbocycles. The molecule has 2 atom stereocenters. The number of aldehydes is 1. The summed E-state index contributed by atoms with van der Waals surface area (Å²) in [6.45, 7) is 11.9. The fraction of sp³-hybridized carbons (Fsp3) is 0.929. The highest BCUT2D eigenvalue weighted by Crippen LogP contribution is 2.03. The van der Waals surface area contributed by atoms with Gasteiger partial charge in [0.25, 0.3) is 0 Å². The van der Waals surface area contributed by atoms with E-state index in [4.69, 9.17) is 0 Å². The molecule has 2 bridgehead atoms. The summed E-state index contributed by atoms with van der Waals surface area (Å²) in [5.41, 5.74) is 0. The molecule has 0 aromatic rings. The summed E-state index contributed by atoms with van der Waals surface area (Å²) < 4.78 is 0. The smallest absolute Gasteiger partial charge is 0.133 e. The molecule has 0 radical (unpaired) electrons. The Bertz CT molecular complexity index is 262. The number of carbonyl (C=O) groups excluding carboxylic acids is 1. The van der Waals surface area contributed by atoms with Crippen molar-refractivity contribution >= 4 is 6.29 Å². The van der Waals surface area contributed by atoms with Gasteiger partial charge in [-0.25, -0.2) is 0 Å². The van der Waals surface area contributed by atoms with E-state index in [1.54, 1.807) is 0 Å². The van der Waals surface area contributed by atoms with E-state index in [1.807, 2.05) is 0 Å². The topological polar surface area (TPSA) is 38.8 Å². The zero-order chi connectivity index (χ0) is 13.3. The summed E-state index contributed by atoms with van der Waals surface area (Å²) in [4.78, 5) is 18.2. The van der Waals surface area contributed by atoms with Gasteiger partial charge in [-0.1, -0.05) is 0 Å². The maximum Gasteiger partial charge on any atom is 0.133 e. The molecule has 0 aromatic heterocycles. The zero-order valence-corrected chi connectivity index (χ0v) is 12.0. The molecule has 5 heteroatoms. The lowest BCUT2D eigenvalue weighted by molar-refractivity contribution is -0.109. The van der Waals surface area contributed by atoms with Gasteiger partial charge in [0.2, 0.25) is 0 Å². The first kappa shape index (κ1) is 14.9. The van der Waals surface area contributed by atoms with Gasteiger partial charge in [-0.05, 0) is 39.0 Å². The molecule has 2 fully saturated rings. The molecule has 2 saturated heterocycles. The van der Waals surface area contributed by atoms with Crippen molar-refractivity contribution < 1.29 is 4.79 Å². The molecule has 2 rings (SSSR count). The molecule has 19 heavy (non-hydrogen) atoms. The highest BCUT2D eigenvalue weighted by Gasteiger charge is 2.15. The average Bonchev–Trinajstić information content (AvgIpc) is 2.44. The fourth-order valence-corrected chi connectivity index (χ4v) is 2.94. The third-order valence-corrected chi connectivity index (χ3v) is 4.18. The first-order chi connectivity index (χ1) is 9.38. The second-order valence-electron chi connectivity index (χ2n) is 5.61. The first-order valence-electron chi connectivity index (χ1n) is 7.70. The summed E-state index contributed by atoms with van der Waals surface area (Å²) in [5.74, 6) is 0. The Kier molecular flexibility index (Phi) is 6.78. The van der Waals surface area contributed by atoms with Crippen LogP contribution in [-0.2, 0) is 4.79 Å². The van der Waals surface area contributed by atoms with Crippen LogP contribution in [0.2, 0.25) is 0 Å². The number of hydrogen-bond acceptors (Lipinski definition) is 5. The number of carbonyl (C=O) groups is 1. The maximum atomic E-state index is 10.7. The largest absolute Gasteiger partial charge is 0.315 e. The lowest BCUT2D eigenvalue weighted by Crippen LogP contribution is -2.46. The van der Waals surface area contributed by atoms with Crippen LogP contribution < -0.4 is 5.32 Å². The lowest BCUT2D eigenvalue weighted by atomic mass is 10.2. The van der Waals surface area contributed by atoms with E-state index in [1.165, 1.54) is 32.5 Å². The van der Waals surface area contributed by atoms with Gasteiger partial charge in [0.05, 0.1) is 6.54 Å². The summed E-state index contributed by atoms with van der Waals surface area (Å²) in [5, 5.41) is 3.53. The molecule has 2 aliphatic heterocycles. The summed E-state index contributed by atoms with van der Waals surface area (Å²) in [6.07, 6.45) is 3.45. The van der Waals surface area contributed by atoms with Crippen LogP contribution in [-0.4, -0.2) is 93.0 Å². The van der Waals surface area contributed by atoms with Crippen LogP contribution >= 0.6 is 0 Å². The lowest BCUT2D eigenvalue weighted by Gasteiger charge is -2.33. The summed E-state index contributed by atoms with van der Waals surface area (Å²) in [6, 6.07) is 0. The quantitative estimate of drug-likeness (QED) is 0.683. The van der Waals surface area contributed by atoms with Crippen molar-refractivity contribution in [1.29, 1.82) is 0 Å². The van der Waals surface area contributed by atoms with Crippen LogP contribution in [0.25, 0.3) is 0 Å². The highest BCUT2D eigenvalue weighted by atomic mass is 16.1. The van der Waals surface area contributed by atoms with Gasteiger partial charge in [0, 0.05) is 39.3 Å². The Morgan fingerprint density at radius 2 is 1.53 bits per heavy atom. The van der Waals surface area contributed by atoms with E-state index in [2.05, 4.69) is 20.0 Å². The van der Waals surface area contributed by atoms with Gasteiger partial charge in [-0.3, -0.25) is 4.90 Å². The maximum absolute atomic E-state index is 10.7. The van der Waals surface area contributed by atoms with Gasteiger partial charge >= 0.3 is 0 Å². The third-order valence-electron chi connectivity index (χ3n) is 4.18. The van der Waals surface area contributed by atoms with Crippen molar-refractivity contribution in [2.45, 2.75) is 12.8 Å². The minimum atomic E-state index is 0.593. The molecule has 110 valence electrons. The number of nitrogens with zero attached hydrogens (tertiary/aromatic N) is 3. The second kappa shape index (κ2) is 8.64. The molecular weight excluding hydrogens is 240 g/mol. The fourth-order valence-electron chi connectivity index (χ4n) is 2.94. The summed E-state index contributed by atoms with van der Waals surface area (Å²) in [7, 11) is 0. The zero-order valence-electron chi connectivity index (χ0n) is 12.0. The molecule has 0 saturated carbocycles. The molecule has 0 spiro atoms. The standard InChI is InChI=1S/C14H28N4O/c19-14-13-18-7-2-6-16-8-4-15-3-1-5-17(10-9-16)11-12-18/h14-15H,1-13H2. The Morgan fingerprint density at radius 1 is 0.789 bits per heavy atom. The average molecular weight is 268 g/mol. The monoisotopic (exact) mass is 268 g/mol. The van der Waals surface area contributed by atoms with E-state index < -0.39 is 0 Å². The van der Waals surface area contributed by atoms with E-state index in [9.17, 15) is 4.79 Å². The van der Waals surface area contributed by atoms with Crippen molar-refractivity contribution in [3.63, 3.8) is 0 Å². The minimum absolute atomic E-state index is 0.593. The Hall–Kier alpha value is -0.490. The number of nitrogens with one attached hydrogen (secondary N) is 1. The van der Waals surface area contributed by atoms with Gasteiger partial charge in [-0.2, -0.15) is 0 Å². The van der Waals surface area contributed by atoms with Crippen molar-refractivity contribution in [2.24, 2.45) is 0 Å². The first-order valence-corrected chi connectivity index (χ1v) is 7.70. The second-order valence-corrected chi connectivity index (χ2v) is 5.61. The predicted octanol–water partition coefficient (Wildman–Crippen LogP) is -0.512. The van der Waals surface area contributed by atoms with E-state index >= 15 is 0 Å². The number of hydrogen-bond donors (Lipinski definition) is 1.